The van der Waals surface area contributed by atoms with Gasteiger partial charge in [-0.1, -0.05) is 18.2 Å². The monoisotopic (exact) mass is 257 g/mol. The topological polar surface area (TPSA) is 38.7 Å². The van der Waals surface area contributed by atoms with Crippen molar-refractivity contribution in [3.8, 4) is 11.4 Å². The van der Waals surface area contributed by atoms with Gasteiger partial charge in [-0.25, -0.2) is 4.98 Å². The zero-order valence-corrected chi connectivity index (χ0v) is 10.7. The van der Waals surface area contributed by atoms with Crippen LogP contribution >= 0.6 is 0 Å². The second-order valence-corrected chi connectivity index (χ2v) is 4.62. The van der Waals surface area contributed by atoms with Gasteiger partial charge < -0.3 is 0 Å². The fourth-order valence-electron chi connectivity index (χ4n) is 2.40. The molecule has 3 heteroatoms. The highest BCUT2D eigenvalue weighted by molar-refractivity contribution is 6.04. The van der Waals surface area contributed by atoms with Crippen LogP contribution < -0.4 is 0 Å². The number of fused-ring (bicyclic) bond motifs is 3. The van der Waals surface area contributed by atoms with E-state index in [1.807, 2.05) is 36.4 Å². The molecule has 0 unspecified atom stereocenters. The van der Waals surface area contributed by atoms with Crippen molar-refractivity contribution in [1.82, 2.24) is 15.0 Å². The predicted octanol–water partition coefficient (Wildman–Crippen LogP) is 3.85. The van der Waals surface area contributed by atoms with Gasteiger partial charge in [0.15, 0.2) is 0 Å². The van der Waals surface area contributed by atoms with Crippen LogP contribution in [0.25, 0.3) is 33.2 Å². The third kappa shape index (κ3) is 1.72. The normalized spacial score (nSPS) is 11.0. The van der Waals surface area contributed by atoms with E-state index >= 15 is 0 Å². The Morgan fingerprint density at radius 1 is 0.650 bits per heavy atom. The quantitative estimate of drug-likeness (QED) is 0.486. The van der Waals surface area contributed by atoms with Crippen molar-refractivity contribution in [2.75, 3.05) is 0 Å². The summed E-state index contributed by atoms with van der Waals surface area (Å²) >= 11 is 0. The lowest BCUT2D eigenvalue weighted by molar-refractivity contribution is 1.28. The van der Waals surface area contributed by atoms with Crippen LogP contribution in [-0.2, 0) is 0 Å². The van der Waals surface area contributed by atoms with Crippen LogP contribution in [0.15, 0.2) is 67.0 Å². The van der Waals surface area contributed by atoms with Gasteiger partial charge >= 0.3 is 0 Å². The number of rotatable bonds is 1. The van der Waals surface area contributed by atoms with Crippen LogP contribution in [0, 0.1) is 0 Å². The molecule has 4 aromatic rings. The molecule has 1 aromatic carbocycles. The molecule has 0 radical (unpaired) electrons. The summed E-state index contributed by atoms with van der Waals surface area (Å²) in [6.45, 7) is 0. The third-order valence-corrected chi connectivity index (χ3v) is 3.37. The van der Waals surface area contributed by atoms with Gasteiger partial charge in [-0.05, 0) is 36.4 Å². The Morgan fingerprint density at radius 3 is 2.45 bits per heavy atom. The first-order chi connectivity index (χ1) is 9.92. The smallest absolute Gasteiger partial charge is 0.0894 e. The number of hydrogen-bond acceptors (Lipinski definition) is 3. The van der Waals surface area contributed by atoms with Gasteiger partial charge in [0, 0.05) is 23.2 Å². The lowest BCUT2D eigenvalue weighted by Gasteiger charge is -2.05. The molecule has 3 heterocycles. The Morgan fingerprint density at radius 2 is 1.55 bits per heavy atom. The molecule has 3 nitrogen and oxygen atoms in total. The molecule has 0 N–H and O–H groups in total. The van der Waals surface area contributed by atoms with E-state index < -0.39 is 0 Å². The summed E-state index contributed by atoms with van der Waals surface area (Å²) in [4.78, 5) is 13.5. The third-order valence-electron chi connectivity index (χ3n) is 3.37. The number of hydrogen-bond donors (Lipinski definition) is 0. The molecule has 0 aliphatic rings. The minimum absolute atomic E-state index is 0.884. The zero-order valence-electron chi connectivity index (χ0n) is 10.7. The van der Waals surface area contributed by atoms with Gasteiger partial charge in [-0.15, -0.1) is 0 Å². The maximum Gasteiger partial charge on any atom is 0.0894 e. The first kappa shape index (κ1) is 11.1. The Bertz CT molecular complexity index is 901. The van der Waals surface area contributed by atoms with E-state index in [9.17, 15) is 0 Å². The highest BCUT2D eigenvalue weighted by Crippen LogP contribution is 2.25. The summed E-state index contributed by atoms with van der Waals surface area (Å²) in [5, 5.41) is 2.19. The predicted molar refractivity (Wildman–Crippen MR) is 80.3 cm³/mol. The van der Waals surface area contributed by atoms with Crippen molar-refractivity contribution in [3.63, 3.8) is 0 Å². The van der Waals surface area contributed by atoms with Crippen molar-refractivity contribution in [3.05, 3.63) is 67.0 Å². The van der Waals surface area contributed by atoms with Crippen molar-refractivity contribution in [2.45, 2.75) is 0 Å². The van der Waals surface area contributed by atoms with E-state index in [2.05, 4.69) is 28.2 Å². The molecule has 0 saturated carbocycles. The summed E-state index contributed by atoms with van der Waals surface area (Å²) in [6, 6.07) is 18.0. The first-order valence-electron chi connectivity index (χ1n) is 6.48. The van der Waals surface area contributed by atoms with Gasteiger partial charge in [0.05, 0.1) is 22.4 Å². The minimum Gasteiger partial charge on any atom is -0.256 e. The van der Waals surface area contributed by atoms with Crippen LogP contribution in [-0.4, -0.2) is 15.0 Å². The minimum atomic E-state index is 0.884. The maximum atomic E-state index is 4.77. The van der Waals surface area contributed by atoms with Gasteiger partial charge in [0.2, 0.25) is 0 Å². The molecule has 20 heavy (non-hydrogen) atoms. The molecule has 0 fully saturated rings. The molecule has 0 aliphatic heterocycles. The van der Waals surface area contributed by atoms with Crippen LogP contribution in [0.1, 0.15) is 0 Å². The highest BCUT2D eigenvalue weighted by Gasteiger charge is 2.05. The molecule has 0 atom stereocenters. The van der Waals surface area contributed by atoms with Crippen molar-refractivity contribution in [2.24, 2.45) is 0 Å². The summed E-state index contributed by atoms with van der Waals surface area (Å²) < 4.78 is 0. The van der Waals surface area contributed by atoms with Crippen LogP contribution in [0.3, 0.4) is 0 Å². The zero-order chi connectivity index (χ0) is 13.4. The van der Waals surface area contributed by atoms with E-state index in [0.717, 1.165) is 33.2 Å². The van der Waals surface area contributed by atoms with Crippen LogP contribution in [0.2, 0.25) is 0 Å². The van der Waals surface area contributed by atoms with Crippen molar-refractivity contribution < 1.29 is 0 Å². The molecule has 0 aliphatic carbocycles. The molecular weight excluding hydrogens is 246 g/mol. The Kier molecular flexibility index (Phi) is 2.42. The molecule has 0 bridgehead atoms. The maximum absolute atomic E-state index is 4.77. The SMILES string of the molecule is c1ccc(-c2ccc3ccc4ncccc4c3n2)nc1. The summed E-state index contributed by atoms with van der Waals surface area (Å²) in [7, 11) is 0. The fourth-order valence-corrected chi connectivity index (χ4v) is 2.40. The van der Waals surface area contributed by atoms with Crippen molar-refractivity contribution in [1.29, 1.82) is 0 Å². The van der Waals surface area contributed by atoms with Gasteiger partial charge in [-0.2, -0.15) is 0 Å². The average molecular weight is 257 g/mol. The second kappa shape index (κ2) is 4.38. The van der Waals surface area contributed by atoms with Gasteiger partial charge in [0.25, 0.3) is 0 Å². The molecule has 0 saturated heterocycles. The lowest BCUT2D eigenvalue weighted by Crippen LogP contribution is -1.89. The first-order valence-corrected chi connectivity index (χ1v) is 6.48. The van der Waals surface area contributed by atoms with Crippen molar-refractivity contribution >= 4 is 21.8 Å². The number of nitrogens with zero attached hydrogens (tertiary/aromatic N) is 3. The molecule has 0 spiro atoms. The molecule has 0 amide bonds. The highest BCUT2D eigenvalue weighted by atomic mass is 14.8. The van der Waals surface area contributed by atoms with E-state index in [4.69, 9.17) is 4.98 Å². The number of aromatic nitrogens is 3. The average Bonchev–Trinajstić information content (AvgIpc) is 2.55. The second-order valence-electron chi connectivity index (χ2n) is 4.62. The molecular formula is C17H11N3. The van der Waals surface area contributed by atoms with E-state index in [0.29, 0.717) is 0 Å². The molecule has 3 aromatic heterocycles. The summed E-state index contributed by atoms with van der Waals surface area (Å²) in [5.74, 6) is 0. The Hall–Kier alpha value is -2.81. The lowest BCUT2D eigenvalue weighted by atomic mass is 10.1. The molecule has 4 rings (SSSR count). The Balaban J connectivity index is 2.05. The fraction of sp³-hybridized carbons (Fsp3) is 0. The number of pyridine rings is 3. The van der Waals surface area contributed by atoms with Gasteiger partial charge in [-0.3, -0.25) is 9.97 Å². The summed E-state index contributed by atoms with van der Waals surface area (Å²) in [6.07, 6.45) is 3.59. The summed E-state index contributed by atoms with van der Waals surface area (Å²) in [5.41, 5.74) is 3.70. The molecule has 94 valence electrons. The Labute approximate surface area is 116 Å². The van der Waals surface area contributed by atoms with E-state index in [1.54, 1.807) is 12.4 Å². The van der Waals surface area contributed by atoms with E-state index in [-0.39, 0.29) is 0 Å². The van der Waals surface area contributed by atoms with E-state index in [1.165, 1.54) is 0 Å². The van der Waals surface area contributed by atoms with Crippen LogP contribution in [0.5, 0.6) is 0 Å². The largest absolute Gasteiger partial charge is 0.256 e. The standard InChI is InChI=1S/C17H11N3/c1-2-10-19-15(5-1)16-9-7-12-6-8-14-13(17(12)20-16)4-3-11-18-14/h1-11H. The van der Waals surface area contributed by atoms with Crippen LogP contribution in [0.4, 0.5) is 0 Å². The van der Waals surface area contributed by atoms with Gasteiger partial charge in [0.1, 0.15) is 0 Å². The number of benzene rings is 1.